The summed E-state index contributed by atoms with van der Waals surface area (Å²) < 4.78 is 5.99. The second-order valence-corrected chi connectivity index (χ2v) is 14.3. The maximum absolute atomic E-state index is 12.7. The third kappa shape index (κ3) is 32.8. The molecule has 5 nitrogen and oxygen atoms in total. The fourth-order valence-corrected chi connectivity index (χ4v) is 6.47. The van der Waals surface area contributed by atoms with Gasteiger partial charge in [0.15, 0.2) is 0 Å². The van der Waals surface area contributed by atoms with E-state index in [0.29, 0.717) is 12.8 Å². The molecule has 0 bridgehead atoms. The van der Waals surface area contributed by atoms with Crippen molar-refractivity contribution < 1.29 is 19.4 Å². The summed E-state index contributed by atoms with van der Waals surface area (Å²) in [6, 6.07) is -0.211. The molecule has 0 saturated carbocycles. The van der Waals surface area contributed by atoms with Gasteiger partial charge in [0.1, 0.15) is 6.10 Å². The number of esters is 1. The molecule has 0 radical (unpaired) electrons. The molecule has 1 amide bonds. The zero-order valence-electron chi connectivity index (χ0n) is 31.4. The van der Waals surface area contributed by atoms with Crippen LogP contribution in [-0.2, 0) is 14.3 Å². The molecule has 0 aliphatic heterocycles. The van der Waals surface area contributed by atoms with Crippen molar-refractivity contribution in [1.29, 1.82) is 0 Å². The van der Waals surface area contributed by atoms with Crippen LogP contribution in [0.5, 0.6) is 0 Å². The fraction of sp³-hybridized carbons (Fsp3) is 0.951. The number of aliphatic hydroxyl groups is 1. The summed E-state index contributed by atoms with van der Waals surface area (Å²) in [4.78, 5) is 25.2. The zero-order chi connectivity index (χ0) is 33.8. The monoisotopic (exact) mass is 652 g/mol. The molecular formula is C41H81NO4. The molecule has 0 saturated heterocycles. The number of aliphatic hydroxyl groups excluding tert-OH is 1. The molecule has 0 rings (SSSR count). The van der Waals surface area contributed by atoms with Gasteiger partial charge in [0, 0.05) is 12.8 Å². The predicted octanol–water partition coefficient (Wildman–Crippen LogP) is 12.3. The summed E-state index contributed by atoms with van der Waals surface area (Å²) in [6.45, 7) is 6.73. The van der Waals surface area contributed by atoms with E-state index in [1.807, 2.05) is 0 Å². The molecule has 5 heteroatoms. The van der Waals surface area contributed by atoms with Gasteiger partial charge in [-0.3, -0.25) is 9.59 Å². The minimum absolute atomic E-state index is 0.0371. The van der Waals surface area contributed by atoms with Crippen molar-refractivity contribution in [2.45, 2.75) is 245 Å². The molecule has 0 aromatic rings. The first-order chi connectivity index (χ1) is 22.6. The number of carbonyl (C=O) groups is 2. The largest absolute Gasteiger partial charge is 0.462 e. The van der Waals surface area contributed by atoms with Crippen molar-refractivity contribution in [2.75, 3.05) is 6.61 Å². The first kappa shape index (κ1) is 44.9. The van der Waals surface area contributed by atoms with Crippen LogP contribution in [0, 0.1) is 0 Å². The molecule has 46 heavy (non-hydrogen) atoms. The third-order valence-corrected chi connectivity index (χ3v) is 9.58. The van der Waals surface area contributed by atoms with E-state index in [0.717, 1.165) is 57.8 Å². The zero-order valence-corrected chi connectivity index (χ0v) is 31.4. The van der Waals surface area contributed by atoms with Crippen molar-refractivity contribution in [1.82, 2.24) is 5.32 Å². The SMILES string of the molecule is CCCCCCCCCCCCCC(=O)NC(CO)CCCC(CCCCCCCC)OC(=O)CCCCCCCCCCCC. The molecule has 2 atom stereocenters. The lowest BCUT2D eigenvalue weighted by molar-refractivity contribution is -0.150. The van der Waals surface area contributed by atoms with Gasteiger partial charge in [-0.25, -0.2) is 0 Å². The summed E-state index contributed by atoms with van der Waals surface area (Å²) in [5.41, 5.74) is 0. The minimum Gasteiger partial charge on any atom is -0.462 e. The van der Waals surface area contributed by atoms with Gasteiger partial charge in [0.05, 0.1) is 12.6 Å². The normalized spacial score (nSPS) is 12.7. The Balaban J connectivity index is 4.24. The van der Waals surface area contributed by atoms with Gasteiger partial charge in [-0.05, 0) is 44.9 Å². The van der Waals surface area contributed by atoms with Crippen LogP contribution in [0.15, 0.2) is 0 Å². The molecule has 0 aromatic carbocycles. The lowest BCUT2D eigenvalue weighted by atomic mass is 10.0. The molecule has 0 aliphatic carbocycles. The summed E-state index contributed by atoms with van der Waals surface area (Å²) in [5, 5.41) is 13.0. The van der Waals surface area contributed by atoms with E-state index in [4.69, 9.17) is 4.74 Å². The Kier molecular flexibility index (Phi) is 35.9. The lowest BCUT2D eigenvalue weighted by Crippen LogP contribution is -2.37. The predicted molar refractivity (Wildman–Crippen MR) is 198 cm³/mol. The molecule has 0 aliphatic rings. The van der Waals surface area contributed by atoms with Crippen LogP contribution in [-0.4, -0.2) is 35.7 Å². The summed E-state index contributed by atoms with van der Waals surface area (Å²) in [5.74, 6) is 0.0102. The third-order valence-electron chi connectivity index (χ3n) is 9.58. The number of hydrogen-bond donors (Lipinski definition) is 2. The maximum Gasteiger partial charge on any atom is 0.306 e. The van der Waals surface area contributed by atoms with Gasteiger partial charge in [0.25, 0.3) is 0 Å². The number of amides is 1. The van der Waals surface area contributed by atoms with Crippen LogP contribution < -0.4 is 5.32 Å². The van der Waals surface area contributed by atoms with E-state index in [9.17, 15) is 14.7 Å². The van der Waals surface area contributed by atoms with E-state index in [1.165, 1.54) is 141 Å². The Hall–Kier alpha value is -1.10. The first-order valence-electron chi connectivity index (χ1n) is 20.7. The summed E-state index contributed by atoms with van der Waals surface area (Å²) in [7, 11) is 0. The van der Waals surface area contributed by atoms with Crippen LogP contribution in [0.2, 0.25) is 0 Å². The van der Waals surface area contributed by atoms with E-state index in [-0.39, 0.29) is 30.6 Å². The number of nitrogens with one attached hydrogen (secondary N) is 1. The Morgan fingerprint density at radius 2 is 0.848 bits per heavy atom. The Morgan fingerprint density at radius 1 is 0.478 bits per heavy atom. The van der Waals surface area contributed by atoms with Crippen molar-refractivity contribution >= 4 is 11.9 Å². The highest BCUT2D eigenvalue weighted by Gasteiger charge is 2.17. The number of rotatable bonds is 37. The van der Waals surface area contributed by atoms with Crippen LogP contribution in [0.4, 0.5) is 0 Å². The van der Waals surface area contributed by atoms with E-state index in [2.05, 4.69) is 26.1 Å². The molecule has 0 heterocycles. The summed E-state index contributed by atoms with van der Waals surface area (Å²) >= 11 is 0. The van der Waals surface area contributed by atoms with Crippen LogP contribution in [0.25, 0.3) is 0 Å². The topological polar surface area (TPSA) is 75.6 Å². The van der Waals surface area contributed by atoms with Gasteiger partial charge >= 0.3 is 5.97 Å². The molecule has 2 N–H and O–H groups in total. The Bertz CT molecular complexity index is 640. The highest BCUT2D eigenvalue weighted by Crippen LogP contribution is 2.18. The highest BCUT2D eigenvalue weighted by atomic mass is 16.5. The van der Waals surface area contributed by atoms with E-state index >= 15 is 0 Å². The van der Waals surface area contributed by atoms with Gasteiger partial charge in [0.2, 0.25) is 5.91 Å². The van der Waals surface area contributed by atoms with Gasteiger partial charge in [-0.2, -0.15) is 0 Å². The summed E-state index contributed by atoms with van der Waals surface area (Å²) in [6.07, 6.45) is 38.3. The number of hydrogen-bond acceptors (Lipinski definition) is 4. The van der Waals surface area contributed by atoms with Crippen LogP contribution in [0.1, 0.15) is 233 Å². The van der Waals surface area contributed by atoms with Gasteiger partial charge in [-0.15, -0.1) is 0 Å². The average Bonchev–Trinajstić information content (AvgIpc) is 3.05. The van der Waals surface area contributed by atoms with Gasteiger partial charge < -0.3 is 15.2 Å². The number of unbranched alkanes of at least 4 members (excludes halogenated alkanes) is 24. The number of ether oxygens (including phenoxy) is 1. The van der Waals surface area contributed by atoms with Gasteiger partial charge in [-0.1, -0.05) is 175 Å². The van der Waals surface area contributed by atoms with Crippen molar-refractivity contribution in [3.8, 4) is 0 Å². The molecule has 0 fully saturated rings. The number of carbonyl (C=O) groups excluding carboxylic acids is 2. The molecule has 2 unspecified atom stereocenters. The molecule has 0 spiro atoms. The molecular weight excluding hydrogens is 570 g/mol. The smallest absolute Gasteiger partial charge is 0.306 e. The second-order valence-electron chi connectivity index (χ2n) is 14.3. The molecule has 274 valence electrons. The Morgan fingerprint density at radius 3 is 1.28 bits per heavy atom. The minimum atomic E-state index is -0.211. The van der Waals surface area contributed by atoms with Crippen molar-refractivity contribution in [2.24, 2.45) is 0 Å². The fourth-order valence-electron chi connectivity index (χ4n) is 6.47. The first-order valence-corrected chi connectivity index (χ1v) is 20.7. The van der Waals surface area contributed by atoms with Crippen LogP contribution in [0.3, 0.4) is 0 Å². The van der Waals surface area contributed by atoms with Crippen molar-refractivity contribution in [3.05, 3.63) is 0 Å². The quantitative estimate of drug-likeness (QED) is 0.0518. The molecule has 0 aromatic heterocycles. The van der Waals surface area contributed by atoms with Crippen LogP contribution >= 0.6 is 0 Å². The standard InChI is InChI=1S/C41H81NO4/c1-4-7-10-13-16-18-20-21-23-26-29-35-40(44)42-38(37-43)32-31-34-39(33-28-25-15-12-9-6-3)46-41(45)36-30-27-24-22-19-17-14-11-8-5-2/h38-39,43H,4-37H2,1-3H3,(H,42,44). The lowest BCUT2D eigenvalue weighted by Gasteiger charge is -2.20. The van der Waals surface area contributed by atoms with E-state index in [1.54, 1.807) is 0 Å². The van der Waals surface area contributed by atoms with E-state index < -0.39 is 0 Å². The second kappa shape index (κ2) is 36.7. The van der Waals surface area contributed by atoms with Crippen molar-refractivity contribution in [3.63, 3.8) is 0 Å². The average molecular weight is 652 g/mol. The maximum atomic E-state index is 12.7. The Labute approximate surface area is 287 Å². The highest BCUT2D eigenvalue weighted by molar-refractivity contribution is 5.76.